The topological polar surface area (TPSA) is 80.4 Å². The van der Waals surface area contributed by atoms with Crippen molar-refractivity contribution in [2.24, 2.45) is 0 Å². The number of aromatic nitrogens is 3. The molecule has 1 aromatic carbocycles. The van der Waals surface area contributed by atoms with Gasteiger partial charge in [0.05, 0.1) is 23.3 Å². The Labute approximate surface area is 161 Å². The molecule has 7 heteroatoms. The van der Waals surface area contributed by atoms with Gasteiger partial charge in [0.15, 0.2) is 11.9 Å². The van der Waals surface area contributed by atoms with E-state index in [0.29, 0.717) is 22.3 Å². The van der Waals surface area contributed by atoms with Gasteiger partial charge in [0, 0.05) is 11.8 Å². The van der Waals surface area contributed by atoms with Crippen molar-refractivity contribution in [2.75, 3.05) is 6.61 Å². The average Bonchev–Trinajstić information content (AvgIpc) is 3.17. The molecule has 3 aromatic rings. The summed E-state index contributed by atoms with van der Waals surface area (Å²) in [6, 6.07) is 9.52. The highest BCUT2D eigenvalue weighted by Gasteiger charge is 2.55. The third kappa shape index (κ3) is 2.96. The number of benzene rings is 1. The molecule has 4 rings (SSSR count). The van der Waals surface area contributed by atoms with Gasteiger partial charge in [-0.2, -0.15) is 0 Å². The third-order valence-corrected chi connectivity index (χ3v) is 5.06. The molecule has 6 nitrogen and oxygen atoms in total. The highest BCUT2D eigenvalue weighted by Crippen LogP contribution is 2.43. The van der Waals surface area contributed by atoms with Gasteiger partial charge < -0.3 is 19.5 Å². The summed E-state index contributed by atoms with van der Waals surface area (Å²) >= 11 is 0. The molecule has 0 aliphatic carbocycles. The van der Waals surface area contributed by atoms with Gasteiger partial charge in [-0.3, -0.25) is 0 Å². The lowest BCUT2D eigenvalue weighted by Gasteiger charge is -2.25. The lowest BCUT2D eigenvalue weighted by atomic mass is 9.98. The SMILES string of the molecule is Cc1ncnc2c1c(C#Cc1ccccc1)cn2[C@@H]1O[C@H](CO)[C@@H](O)[C@@]1(C)F. The molecule has 0 amide bonds. The molecule has 1 aliphatic heterocycles. The van der Waals surface area contributed by atoms with Gasteiger partial charge >= 0.3 is 0 Å². The van der Waals surface area contributed by atoms with Crippen LogP contribution in [0, 0.1) is 18.8 Å². The number of ether oxygens (including phenoxy) is 1. The summed E-state index contributed by atoms with van der Waals surface area (Å²) in [5.74, 6) is 6.20. The van der Waals surface area contributed by atoms with Crippen LogP contribution in [0.4, 0.5) is 4.39 Å². The number of aryl methyl sites for hydroxylation is 1. The van der Waals surface area contributed by atoms with Gasteiger partial charge in [0.2, 0.25) is 0 Å². The lowest BCUT2D eigenvalue weighted by molar-refractivity contribution is -0.0564. The number of fused-ring (bicyclic) bond motifs is 1. The van der Waals surface area contributed by atoms with Gasteiger partial charge in [-0.05, 0) is 26.0 Å². The van der Waals surface area contributed by atoms with E-state index in [-0.39, 0.29) is 0 Å². The zero-order chi connectivity index (χ0) is 19.9. The molecule has 1 saturated heterocycles. The summed E-state index contributed by atoms with van der Waals surface area (Å²) in [5, 5.41) is 20.3. The number of alkyl halides is 1. The maximum Gasteiger partial charge on any atom is 0.181 e. The number of hydrogen-bond donors (Lipinski definition) is 2. The number of rotatable bonds is 2. The zero-order valence-electron chi connectivity index (χ0n) is 15.5. The third-order valence-electron chi connectivity index (χ3n) is 5.06. The Kier molecular flexibility index (Phi) is 4.63. The number of nitrogens with zero attached hydrogens (tertiary/aromatic N) is 3. The first-order chi connectivity index (χ1) is 13.4. The van der Waals surface area contributed by atoms with E-state index in [2.05, 4.69) is 21.8 Å². The molecular formula is C21H20FN3O3. The van der Waals surface area contributed by atoms with Crippen LogP contribution in [-0.2, 0) is 4.74 Å². The predicted octanol–water partition coefficient (Wildman–Crippen LogP) is 2.12. The molecule has 4 atom stereocenters. The van der Waals surface area contributed by atoms with Gasteiger partial charge in [-0.1, -0.05) is 30.0 Å². The van der Waals surface area contributed by atoms with Crippen molar-refractivity contribution >= 4 is 11.0 Å². The smallest absolute Gasteiger partial charge is 0.181 e. The summed E-state index contributed by atoms with van der Waals surface area (Å²) in [5.41, 5.74) is 0.547. The maximum atomic E-state index is 15.3. The number of hydrogen-bond acceptors (Lipinski definition) is 5. The van der Waals surface area contributed by atoms with Gasteiger partial charge in [-0.25, -0.2) is 14.4 Å². The van der Waals surface area contributed by atoms with E-state index in [1.807, 2.05) is 37.3 Å². The van der Waals surface area contributed by atoms with E-state index in [0.717, 1.165) is 5.56 Å². The Bertz CT molecular complexity index is 1070. The van der Waals surface area contributed by atoms with Crippen LogP contribution >= 0.6 is 0 Å². The Balaban J connectivity index is 1.85. The molecule has 2 aromatic heterocycles. The van der Waals surface area contributed by atoms with Crippen LogP contribution in [0.1, 0.15) is 30.0 Å². The minimum Gasteiger partial charge on any atom is -0.394 e. The second-order valence-electron chi connectivity index (χ2n) is 7.03. The van der Waals surface area contributed by atoms with Gasteiger partial charge in [0.1, 0.15) is 24.2 Å². The van der Waals surface area contributed by atoms with Crippen molar-refractivity contribution in [3.63, 3.8) is 0 Å². The largest absolute Gasteiger partial charge is 0.394 e. The predicted molar refractivity (Wildman–Crippen MR) is 101 cm³/mol. The van der Waals surface area contributed by atoms with E-state index >= 15 is 4.39 Å². The first-order valence-electron chi connectivity index (χ1n) is 8.96. The first kappa shape index (κ1) is 18.6. The number of aliphatic hydroxyl groups excluding tert-OH is 2. The minimum absolute atomic E-state index is 0.463. The van der Waals surface area contributed by atoms with Crippen molar-refractivity contribution < 1.29 is 19.3 Å². The molecule has 0 bridgehead atoms. The lowest BCUT2D eigenvalue weighted by Crippen LogP contribution is -2.40. The van der Waals surface area contributed by atoms with E-state index in [9.17, 15) is 10.2 Å². The van der Waals surface area contributed by atoms with E-state index in [4.69, 9.17) is 4.74 Å². The monoisotopic (exact) mass is 381 g/mol. The normalized spacial score (nSPS) is 27.0. The molecule has 0 unspecified atom stereocenters. The van der Waals surface area contributed by atoms with Crippen molar-refractivity contribution in [3.05, 3.63) is 59.7 Å². The molecule has 28 heavy (non-hydrogen) atoms. The molecule has 3 heterocycles. The maximum absolute atomic E-state index is 15.3. The molecular weight excluding hydrogens is 361 g/mol. The molecule has 0 spiro atoms. The molecule has 144 valence electrons. The number of aliphatic hydroxyl groups is 2. The second kappa shape index (κ2) is 6.99. The van der Waals surface area contributed by atoms with E-state index < -0.39 is 30.7 Å². The van der Waals surface area contributed by atoms with Crippen molar-refractivity contribution in [1.82, 2.24) is 14.5 Å². The first-order valence-corrected chi connectivity index (χ1v) is 8.96. The molecule has 2 N–H and O–H groups in total. The standard InChI is InChI=1S/C21H20FN3O3/c1-13-17-15(9-8-14-6-4-3-5-7-14)10-25(19(17)24-12-23-13)20-21(2,22)18(27)16(11-26)28-20/h3-7,10,12,16,18,20,26-27H,11H2,1-2H3/t16-,18-,20-,21-/m1/s1. The quantitative estimate of drug-likeness (QED) is 0.665. The summed E-state index contributed by atoms with van der Waals surface area (Å²) in [6.07, 6.45) is -0.561. The number of halogens is 1. The summed E-state index contributed by atoms with van der Waals surface area (Å²) in [4.78, 5) is 8.53. The fourth-order valence-corrected chi connectivity index (χ4v) is 3.53. The second-order valence-corrected chi connectivity index (χ2v) is 7.03. The van der Waals surface area contributed by atoms with Crippen molar-refractivity contribution in [3.8, 4) is 11.8 Å². The Morgan fingerprint density at radius 2 is 2.00 bits per heavy atom. The fourth-order valence-electron chi connectivity index (χ4n) is 3.53. The molecule has 0 radical (unpaired) electrons. The molecule has 0 saturated carbocycles. The van der Waals surface area contributed by atoms with Crippen LogP contribution in [0.15, 0.2) is 42.9 Å². The summed E-state index contributed by atoms with van der Waals surface area (Å²) < 4.78 is 22.4. The highest BCUT2D eigenvalue weighted by molar-refractivity contribution is 5.86. The Hall–Kier alpha value is -2.79. The Morgan fingerprint density at radius 1 is 1.25 bits per heavy atom. The van der Waals surface area contributed by atoms with Crippen LogP contribution in [-0.4, -0.2) is 49.2 Å². The van der Waals surface area contributed by atoms with Crippen LogP contribution < -0.4 is 0 Å². The van der Waals surface area contributed by atoms with Crippen LogP contribution in [0.5, 0.6) is 0 Å². The van der Waals surface area contributed by atoms with Gasteiger partial charge in [0.25, 0.3) is 0 Å². The van der Waals surface area contributed by atoms with Gasteiger partial charge in [-0.15, -0.1) is 0 Å². The average molecular weight is 381 g/mol. The van der Waals surface area contributed by atoms with Crippen molar-refractivity contribution in [1.29, 1.82) is 0 Å². The fraction of sp³-hybridized carbons (Fsp3) is 0.333. The van der Waals surface area contributed by atoms with Crippen LogP contribution in [0.2, 0.25) is 0 Å². The molecule has 1 aliphatic rings. The minimum atomic E-state index is -2.11. The van der Waals surface area contributed by atoms with Crippen LogP contribution in [0.3, 0.4) is 0 Å². The van der Waals surface area contributed by atoms with Crippen molar-refractivity contribution in [2.45, 2.75) is 38.0 Å². The highest BCUT2D eigenvalue weighted by atomic mass is 19.1. The molecule has 1 fully saturated rings. The Morgan fingerprint density at radius 3 is 2.68 bits per heavy atom. The summed E-state index contributed by atoms with van der Waals surface area (Å²) in [6.45, 7) is 2.61. The summed E-state index contributed by atoms with van der Waals surface area (Å²) in [7, 11) is 0. The van der Waals surface area contributed by atoms with E-state index in [1.54, 1.807) is 6.20 Å². The van der Waals surface area contributed by atoms with Crippen LogP contribution in [0.25, 0.3) is 11.0 Å². The zero-order valence-corrected chi connectivity index (χ0v) is 15.5. The van der Waals surface area contributed by atoms with E-state index in [1.165, 1.54) is 17.8 Å².